The van der Waals surface area contributed by atoms with E-state index in [1.165, 1.54) is 4.57 Å². The van der Waals surface area contributed by atoms with Gasteiger partial charge < -0.3 is 4.74 Å². The highest BCUT2D eigenvalue weighted by molar-refractivity contribution is 5.00. The summed E-state index contributed by atoms with van der Waals surface area (Å²) < 4.78 is 7.11. The lowest BCUT2D eigenvalue weighted by atomic mass is 10.2. The monoisotopic (exact) mass is 252 g/mol. The molecule has 5 nitrogen and oxygen atoms in total. The standard InChI is InChI=1S/C13H20N2O3/c1-5-11(18-8-9(2)3)7-15-6-10(4)12(16)14-13(15)17/h6,11H,2,5,7-8H2,1,3-4H3,(H,14,16,17). The van der Waals surface area contributed by atoms with Crippen molar-refractivity contribution in [1.82, 2.24) is 9.55 Å². The number of hydrogen-bond acceptors (Lipinski definition) is 3. The molecule has 1 aromatic rings. The van der Waals surface area contributed by atoms with Crippen LogP contribution in [0.5, 0.6) is 0 Å². The van der Waals surface area contributed by atoms with E-state index in [2.05, 4.69) is 11.6 Å². The first-order chi connectivity index (χ1) is 8.43. The number of nitrogens with zero attached hydrogens (tertiary/aromatic N) is 1. The van der Waals surface area contributed by atoms with Crippen molar-refractivity contribution in [2.24, 2.45) is 0 Å². The van der Waals surface area contributed by atoms with Crippen LogP contribution in [0.25, 0.3) is 0 Å². The van der Waals surface area contributed by atoms with E-state index in [9.17, 15) is 9.59 Å². The summed E-state index contributed by atoms with van der Waals surface area (Å²) >= 11 is 0. The molecule has 1 aromatic heterocycles. The predicted molar refractivity (Wildman–Crippen MR) is 70.9 cm³/mol. The maximum atomic E-state index is 11.6. The highest BCUT2D eigenvalue weighted by atomic mass is 16.5. The van der Waals surface area contributed by atoms with Gasteiger partial charge in [0.2, 0.25) is 0 Å². The summed E-state index contributed by atoms with van der Waals surface area (Å²) in [5.74, 6) is 0. The quantitative estimate of drug-likeness (QED) is 0.774. The summed E-state index contributed by atoms with van der Waals surface area (Å²) in [6.07, 6.45) is 2.29. The Kier molecular flexibility index (Phi) is 5.09. The number of aryl methyl sites for hydroxylation is 1. The SMILES string of the molecule is C=C(C)COC(CC)Cn1cc(C)c(=O)[nH]c1=O. The molecular weight excluding hydrogens is 232 g/mol. The van der Waals surface area contributed by atoms with Crippen LogP contribution < -0.4 is 11.2 Å². The lowest BCUT2D eigenvalue weighted by Gasteiger charge is -2.17. The fourth-order valence-electron chi connectivity index (χ4n) is 1.53. The summed E-state index contributed by atoms with van der Waals surface area (Å²) in [5, 5.41) is 0. The van der Waals surface area contributed by atoms with E-state index in [4.69, 9.17) is 4.74 Å². The van der Waals surface area contributed by atoms with Gasteiger partial charge in [0.15, 0.2) is 0 Å². The molecule has 0 aliphatic carbocycles. The van der Waals surface area contributed by atoms with Crippen LogP contribution in [0.1, 0.15) is 25.8 Å². The smallest absolute Gasteiger partial charge is 0.328 e. The highest BCUT2D eigenvalue weighted by Crippen LogP contribution is 2.03. The molecule has 0 amide bonds. The fourth-order valence-corrected chi connectivity index (χ4v) is 1.53. The molecule has 5 heteroatoms. The molecule has 0 saturated heterocycles. The Bertz CT molecular complexity index is 528. The molecule has 0 radical (unpaired) electrons. The maximum Gasteiger partial charge on any atom is 0.328 e. The van der Waals surface area contributed by atoms with Crippen LogP contribution in [0, 0.1) is 6.92 Å². The van der Waals surface area contributed by atoms with Crippen LogP contribution in [0.15, 0.2) is 27.9 Å². The Morgan fingerprint density at radius 3 is 2.78 bits per heavy atom. The van der Waals surface area contributed by atoms with E-state index in [0.29, 0.717) is 18.7 Å². The Hall–Kier alpha value is -1.62. The van der Waals surface area contributed by atoms with Gasteiger partial charge >= 0.3 is 5.69 Å². The zero-order valence-electron chi connectivity index (χ0n) is 11.2. The van der Waals surface area contributed by atoms with Crippen LogP contribution in [0.2, 0.25) is 0 Å². The average molecular weight is 252 g/mol. The molecule has 0 aliphatic heterocycles. The second kappa shape index (κ2) is 6.35. The molecule has 1 atom stereocenters. The molecule has 100 valence electrons. The van der Waals surface area contributed by atoms with E-state index < -0.39 is 5.69 Å². The molecule has 1 rings (SSSR count). The van der Waals surface area contributed by atoms with Crippen LogP contribution >= 0.6 is 0 Å². The Balaban J connectivity index is 2.82. The predicted octanol–water partition coefficient (Wildman–Crippen LogP) is 1.22. The van der Waals surface area contributed by atoms with E-state index in [1.54, 1.807) is 13.1 Å². The highest BCUT2D eigenvalue weighted by Gasteiger charge is 2.10. The van der Waals surface area contributed by atoms with Crippen molar-refractivity contribution in [3.63, 3.8) is 0 Å². The van der Waals surface area contributed by atoms with Gasteiger partial charge in [0.25, 0.3) is 5.56 Å². The third-order valence-corrected chi connectivity index (χ3v) is 2.61. The van der Waals surface area contributed by atoms with Crippen molar-refractivity contribution in [2.75, 3.05) is 6.61 Å². The molecule has 1 N–H and O–H groups in total. The Labute approximate surface area is 106 Å². The van der Waals surface area contributed by atoms with E-state index >= 15 is 0 Å². The zero-order valence-corrected chi connectivity index (χ0v) is 11.2. The van der Waals surface area contributed by atoms with Crippen LogP contribution in [-0.2, 0) is 11.3 Å². The normalized spacial score (nSPS) is 12.4. The first-order valence-corrected chi connectivity index (χ1v) is 6.00. The molecule has 0 fully saturated rings. The number of aromatic amines is 1. The molecule has 0 aliphatic rings. The molecule has 0 bridgehead atoms. The Morgan fingerprint density at radius 1 is 1.56 bits per heavy atom. The van der Waals surface area contributed by atoms with Crippen LogP contribution in [0.4, 0.5) is 0 Å². The molecule has 1 heterocycles. The van der Waals surface area contributed by atoms with E-state index in [0.717, 1.165) is 12.0 Å². The minimum absolute atomic E-state index is 0.0651. The fraction of sp³-hybridized carbons (Fsp3) is 0.538. The van der Waals surface area contributed by atoms with Gasteiger partial charge in [0, 0.05) is 11.8 Å². The number of nitrogens with one attached hydrogen (secondary N) is 1. The lowest BCUT2D eigenvalue weighted by molar-refractivity contribution is 0.0533. The van der Waals surface area contributed by atoms with Crippen molar-refractivity contribution >= 4 is 0 Å². The van der Waals surface area contributed by atoms with Gasteiger partial charge in [0.1, 0.15) is 0 Å². The van der Waals surface area contributed by atoms with Gasteiger partial charge in [-0.05, 0) is 20.3 Å². The molecule has 0 spiro atoms. The largest absolute Gasteiger partial charge is 0.372 e. The van der Waals surface area contributed by atoms with Gasteiger partial charge in [-0.1, -0.05) is 19.1 Å². The van der Waals surface area contributed by atoms with E-state index in [-0.39, 0.29) is 11.7 Å². The number of ether oxygens (including phenoxy) is 1. The molecule has 1 unspecified atom stereocenters. The molecule has 0 aromatic carbocycles. The van der Waals surface area contributed by atoms with Crippen molar-refractivity contribution in [3.05, 3.63) is 44.8 Å². The summed E-state index contributed by atoms with van der Waals surface area (Å²) in [6.45, 7) is 10.2. The average Bonchev–Trinajstić information content (AvgIpc) is 2.30. The molecule has 18 heavy (non-hydrogen) atoms. The van der Waals surface area contributed by atoms with Gasteiger partial charge in [-0.15, -0.1) is 0 Å². The van der Waals surface area contributed by atoms with Crippen LogP contribution in [0.3, 0.4) is 0 Å². The number of hydrogen-bond donors (Lipinski definition) is 1. The summed E-state index contributed by atoms with van der Waals surface area (Å²) in [7, 11) is 0. The topological polar surface area (TPSA) is 64.1 Å². The second-order valence-corrected chi connectivity index (χ2v) is 4.52. The van der Waals surface area contributed by atoms with Crippen LogP contribution in [-0.4, -0.2) is 22.3 Å². The van der Waals surface area contributed by atoms with Crippen molar-refractivity contribution in [2.45, 2.75) is 39.8 Å². The van der Waals surface area contributed by atoms with Gasteiger partial charge in [0.05, 0.1) is 19.3 Å². The van der Waals surface area contributed by atoms with Crippen molar-refractivity contribution < 1.29 is 4.74 Å². The minimum atomic E-state index is -0.400. The van der Waals surface area contributed by atoms with Gasteiger partial charge in [-0.3, -0.25) is 14.3 Å². The second-order valence-electron chi connectivity index (χ2n) is 4.52. The van der Waals surface area contributed by atoms with Crippen molar-refractivity contribution in [3.8, 4) is 0 Å². The first kappa shape index (κ1) is 14.4. The van der Waals surface area contributed by atoms with Gasteiger partial charge in [-0.2, -0.15) is 0 Å². The zero-order chi connectivity index (χ0) is 13.7. The number of aromatic nitrogens is 2. The minimum Gasteiger partial charge on any atom is -0.372 e. The van der Waals surface area contributed by atoms with Gasteiger partial charge in [-0.25, -0.2) is 4.79 Å². The maximum absolute atomic E-state index is 11.6. The first-order valence-electron chi connectivity index (χ1n) is 6.00. The van der Waals surface area contributed by atoms with Crippen molar-refractivity contribution in [1.29, 1.82) is 0 Å². The van der Waals surface area contributed by atoms with E-state index in [1.807, 2.05) is 13.8 Å². The Morgan fingerprint density at radius 2 is 2.22 bits per heavy atom. The summed E-state index contributed by atoms with van der Waals surface area (Å²) in [4.78, 5) is 25.1. The summed E-state index contributed by atoms with van der Waals surface area (Å²) in [6, 6.07) is 0. The third kappa shape index (κ3) is 4.00. The molecular formula is C13H20N2O3. The summed E-state index contributed by atoms with van der Waals surface area (Å²) in [5.41, 5.74) is 0.720. The number of rotatable bonds is 6. The third-order valence-electron chi connectivity index (χ3n) is 2.61. The molecule has 0 saturated carbocycles. The number of H-pyrrole nitrogens is 1. The lowest BCUT2D eigenvalue weighted by Crippen LogP contribution is -2.34.